The van der Waals surface area contributed by atoms with Gasteiger partial charge in [-0.15, -0.1) is 0 Å². The van der Waals surface area contributed by atoms with Gasteiger partial charge in [0.25, 0.3) is 5.91 Å². The van der Waals surface area contributed by atoms with Crippen LogP contribution in [0.5, 0.6) is 0 Å². The van der Waals surface area contributed by atoms with E-state index in [0.717, 1.165) is 17.3 Å². The highest BCUT2D eigenvalue weighted by Gasteiger charge is 2.11. The van der Waals surface area contributed by atoms with E-state index in [9.17, 15) is 4.79 Å². The molecular formula is C14H19N3O. The predicted molar refractivity (Wildman–Crippen MR) is 74.5 cm³/mol. The summed E-state index contributed by atoms with van der Waals surface area (Å²) in [7, 11) is 0. The van der Waals surface area contributed by atoms with Gasteiger partial charge < -0.3 is 16.0 Å². The largest absolute Gasteiger partial charge is 0.399 e. The predicted octanol–water partition coefficient (Wildman–Crippen LogP) is 2.53. The minimum Gasteiger partial charge on any atom is -0.399 e. The van der Waals surface area contributed by atoms with Crippen LogP contribution < -0.4 is 11.1 Å². The first-order valence-corrected chi connectivity index (χ1v) is 6.22. The summed E-state index contributed by atoms with van der Waals surface area (Å²) in [6, 6.07) is 5.53. The standard InChI is InChI=1S/C14H19N3O/c1-9(2)5-6-16-14(18)12-8-17-13-4-3-10(15)7-11(12)13/h3-4,7-9,17H,5-6,15H2,1-2H3,(H,16,18). The van der Waals surface area contributed by atoms with Crippen LogP contribution in [0, 0.1) is 5.92 Å². The van der Waals surface area contributed by atoms with Crippen LogP contribution in [0.3, 0.4) is 0 Å². The summed E-state index contributed by atoms with van der Waals surface area (Å²) in [5.74, 6) is 0.538. The van der Waals surface area contributed by atoms with E-state index in [2.05, 4.69) is 24.1 Å². The number of hydrogen-bond donors (Lipinski definition) is 3. The van der Waals surface area contributed by atoms with Crippen LogP contribution in [0.25, 0.3) is 10.9 Å². The molecule has 0 aliphatic carbocycles. The van der Waals surface area contributed by atoms with Crippen molar-refractivity contribution in [3.05, 3.63) is 30.0 Å². The lowest BCUT2D eigenvalue weighted by Gasteiger charge is -2.06. The van der Waals surface area contributed by atoms with Crippen LogP contribution in [-0.4, -0.2) is 17.4 Å². The fourth-order valence-electron chi connectivity index (χ4n) is 1.90. The number of nitrogen functional groups attached to an aromatic ring is 1. The Labute approximate surface area is 107 Å². The zero-order valence-electron chi connectivity index (χ0n) is 10.8. The summed E-state index contributed by atoms with van der Waals surface area (Å²) in [6.45, 7) is 4.97. The van der Waals surface area contributed by atoms with Crippen molar-refractivity contribution in [3.8, 4) is 0 Å². The molecule has 0 atom stereocenters. The van der Waals surface area contributed by atoms with Gasteiger partial charge in [0, 0.05) is 29.3 Å². The van der Waals surface area contributed by atoms with Crippen LogP contribution in [0.15, 0.2) is 24.4 Å². The average molecular weight is 245 g/mol. The number of aromatic amines is 1. The van der Waals surface area contributed by atoms with Gasteiger partial charge in [-0.3, -0.25) is 4.79 Å². The maximum atomic E-state index is 12.0. The molecule has 18 heavy (non-hydrogen) atoms. The monoisotopic (exact) mass is 245 g/mol. The van der Waals surface area contributed by atoms with E-state index in [0.29, 0.717) is 23.7 Å². The number of nitrogens with one attached hydrogen (secondary N) is 2. The van der Waals surface area contributed by atoms with Crippen molar-refractivity contribution in [2.24, 2.45) is 5.92 Å². The van der Waals surface area contributed by atoms with Crippen LogP contribution in [0.1, 0.15) is 30.6 Å². The zero-order valence-corrected chi connectivity index (χ0v) is 10.8. The third-order valence-electron chi connectivity index (χ3n) is 2.96. The summed E-state index contributed by atoms with van der Waals surface area (Å²) in [5, 5.41) is 3.80. The van der Waals surface area contributed by atoms with Crippen molar-refractivity contribution in [3.63, 3.8) is 0 Å². The van der Waals surface area contributed by atoms with E-state index in [4.69, 9.17) is 5.73 Å². The second-order valence-electron chi connectivity index (χ2n) is 4.95. The molecule has 0 bridgehead atoms. The molecule has 1 aromatic carbocycles. The van der Waals surface area contributed by atoms with Gasteiger partial charge in [0.2, 0.25) is 0 Å². The fraction of sp³-hybridized carbons (Fsp3) is 0.357. The molecule has 4 nitrogen and oxygen atoms in total. The molecule has 0 aliphatic heterocycles. The molecule has 0 aliphatic rings. The summed E-state index contributed by atoms with van der Waals surface area (Å²) < 4.78 is 0. The number of H-pyrrole nitrogens is 1. The van der Waals surface area contributed by atoms with Gasteiger partial charge in [0.05, 0.1) is 5.56 Å². The van der Waals surface area contributed by atoms with Crippen LogP contribution in [0.4, 0.5) is 5.69 Å². The first-order valence-electron chi connectivity index (χ1n) is 6.22. The lowest BCUT2D eigenvalue weighted by Crippen LogP contribution is -2.25. The molecule has 4 heteroatoms. The number of aromatic nitrogens is 1. The lowest BCUT2D eigenvalue weighted by molar-refractivity contribution is 0.0953. The maximum Gasteiger partial charge on any atom is 0.253 e. The summed E-state index contributed by atoms with van der Waals surface area (Å²) >= 11 is 0. The van der Waals surface area contributed by atoms with Gasteiger partial charge in [-0.1, -0.05) is 13.8 Å². The Balaban J connectivity index is 2.15. The van der Waals surface area contributed by atoms with Crippen molar-refractivity contribution in [1.29, 1.82) is 0 Å². The smallest absolute Gasteiger partial charge is 0.253 e. The van der Waals surface area contributed by atoms with Gasteiger partial charge in [-0.05, 0) is 30.5 Å². The highest BCUT2D eigenvalue weighted by Crippen LogP contribution is 2.20. The van der Waals surface area contributed by atoms with E-state index in [-0.39, 0.29) is 5.91 Å². The Kier molecular flexibility index (Phi) is 3.55. The highest BCUT2D eigenvalue weighted by atomic mass is 16.1. The van der Waals surface area contributed by atoms with E-state index in [1.54, 1.807) is 6.20 Å². The van der Waals surface area contributed by atoms with Crippen LogP contribution >= 0.6 is 0 Å². The second-order valence-corrected chi connectivity index (χ2v) is 4.95. The Morgan fingerprint density at radius 2 is 2.22 bits per heavy atom. The van der Waals surface area contributed by atoms with Crippen molar-refractivity contribution >= 4 is 22.5 Å². The second kappa shape index (κ2) is 5.12. The molecule has 0 unspecified atom stereocenters. The molecule has 0 saturated heterocycles. The van der Waals surface area contributed by atoms with Crippen LogP contribution in [-0.2, 0) is 0 Å². The average Bonchev–Trinajstić information content (AvgIpc) is 2.71. The molecule has 1 aromatic heterocycles. The number of nitrogens with two attached hydrogens (primary N) is 1. The number of anilines is 1. The number of fused-ring (bicyclic) bond motifs is 1. The maximum absolute atomic E-state index is 12.0. The van der Waals surface area contributed by atoms with Gasteiger partial charge in [0.1, 0.15) is 0 Å². The molecule has 0 spiro atoms. The normalized spacial score (nSPS) is 11.1. The van der Waals surface area contributed by atoms with E-state index in [1.165, 1.54) is 0 Å². The molecule has 4 N–H and O–H groups in total. The van der Waals surface area contributed by atoms with E-state index < -0.39 is 0 Å². The molecule has 0 fully saturated rings. The Morgan fingerprint density at radius 3 is 2.94 bits per heavy atom. The van der Waals surface area contributed by atoms with Crippen molar-refractivity contribution in [2.45, 2.75) is 20.3 Å². The first-order chi connectivity index (χ1) is 8.58. The van der Waals surface area contributed by atoms with E-state index in [1.807, 2.05) is 18.2 Å². The highest BCUT2D eigenvalue weighted by molar-refractivity contribution is 6.07. The molecule has 2 rings (SSSR count). The number of amides is 1. The lowest BCUT2D eigenvalue weighted by atomic mass is 10.1. The van der Waals surface area contributed by atoms with Crippen LogP contribution in [0.2, 0.25) is 0 Å². The van der Waals surface area contributed by atoms with Crippen molar-refractivity contribution < 1.29 is 4.79 Å². The summed E-state index contributed by atoms with van der Waals surface area (Å²) in [5.41, 5.74) is 7.99. The molecule has 1 amide bonds. The van der Waals surface area contributed by atoms with Gasteiger partial charge in [-0.25, -0.2) is 0 Å². The Bertz CT molecular complexity index is 557. The van der Waals surface area contributed by atoms with E-state index >= 15 is 0 Å². The zero-order chi connectivity index (χ0) is 13.1. The SMILES string of the molecule is CC(C)CCNC(=O)c1c[nH]c2ccc(N)cc12. The number of hydrogen-bond acceptors (Lipinski definition) is 2. The number of rotatable bonds is 4. The van der Waals surface area contributed by atoms with Gasteiger partial charge in [-0.2, -0.15) is 0 Å². The fourth-order valence-corrected chi connectivity index (χ4v) is 1.90. The van der Waals surface area contributed by atoms with Gasteiger partial charge >= 0.3 is 0 Å². The minimum absolute atomic E-state index is 0.0486. The molecule has 0 radical (unpaired) electrons. The summed E-state index contributed by atoms with van der Waals surface area (Å²) in [4.78, 5) is 15.1. The Hall–Kier alpha value is -1.97. The Morgan fingerprint density at radius 1 is 1.44 bits per heavy atom. The van der Waals surface area contributed by atoms with Crippen molar-refractivity contribution in [1.82, 2.24) is 10.3 Å². The minimum atomic E-state index is -0.0486. The summed E-state index contributed by atoms with van der Waals surface area (Å²) in [6.07, 6.45) is 2.71. The third kappa shape index (κ3) is 2.64. The number of benzene rings is 1. The first kappa shape index (κ1) is 12.5. The topological polar surface area (TPSA) is 70.9 Å². The molecular weight excluding hydrogens is 226 g/mol. The third-order valence-corrected chi connectivity index (χ3v) is 2.96. The number of carbonyl (C=O) groups is 1. The van der Waals surface area contributed by atoms with Gasteiger partial charge in [0.15, 0.2) is 0 Å². The molecule has 0 saturated carbocycles. The molecule has 96 valence electrons. The number of carbonyl (C=O) groups excluding carboxylic acids is 1. The van der Waals surface area contributed by atoms with Crippen molar-refractivity contribution in [2.75, 3.05) is 12.3 Å². The molecule has 1 heterocycles. The quantitative estimate of drug-likeness (QED) is 0.724. The molecule has 2 aromatic rings.